The molecule has 0 rings (SSSR count). The molecule has 0 spiro atoms. The molecule has 132 valence electrons. The third-order valence-electron chi connectivity index (χ3n) is 2.01. The fraction of sp³-hybridized carbons (Fsp3) is 1.00. The monoisotopic (exact) mass is 364 g/mol. The Hall–Kier alpha value is 0.0369. The quantitative estimate of drug-likeness (QED) is 0.389. The first-order valence-corrected chi connectivity index (χ1v) is 13.5. The van der Waals surface area contributed by atoms with Crippen molar-refractivity contribution in [3.8, 4) is 0 Å². The van der Waals surface area contributed by atoms with E-state index in [1.165, 1.54) is 0 Å². The molecule has 0 saturated heterocycles. The van der Waals surface area contributed by atoms with Gasteiger partial charge in [0.15, 0.2) is 0 Å². The Morgan fingerprint density at radius 3 is 1.10 bits per heavy atom. The minimum atomic E-state index is -3.70. The van der Waals surface area contributed by atoms with Gasteiger partial charge in [-0.2, -0.15) is 16.8 Å². The van der Waals surface area contributed by atoms with Gasteiger partial charge >= 0.3 is 0 Å². The van der Waals surface area contributed by atoms with Gasteiger partial charge in [-0.25, -0.2) is 0 Å². The van der Waals surface area contributed by atoms with E-state index in [4.69, 9.17) is 9.11 Å². The van der Waals surface area contributed by atoms with E-state index in [0.717, 1.165) is 25.7 Å². The molecule has 0 saturated carbocycles. The van der Waals surface area contributed by atoms with Gasteiger partial charge in [-0.3, -0.25) is 9.11 Å². The molecule has 0 fully saturated rings. The van der Waals surface area contributed by atoms with E-state index in [1.54, 1.807) is 0 Å². The van der Waals surface area contributed by atoms with E-state index in [2.05, 4.69) is 13.1 Å². The Labute approximate surface area is 133 Å². The number of unbranched alkanes of at least 4 members (excludes halogenated alkanes) is 4. The van der Waals surface area contributed by atoms with Gasteiger partial charge in [0, 0.05) is 9.52 Å². The average Bonchev–Trinajstić information content (AvgIpc) is 2.28. The molecule has 0 heterocycles. The standard InChI is InChI=1S/2C5H12O3S.C2H8Si/c2*1-2-3-4-5-9(6,7)8;1-3-2/h2*2-5H2,1H3,(H,6,7,8);3H2,1-2H3. The molecule has 0 aromatic rings. The van der Waals surface area contributed by atoms with E-state index < -0.39 is 20.2 Å². The third kappa shape index (κ3) is 45.0. The molecule has 0 bridgehead atoms. The van der Waals surface area contributed by atoms with Crippen LogP contribution in [0, 0.1) is 0 Å². The normalized spacial score (nSPS) is 11.0. The molecule has 0 radical (unpaired) electrons. The molecular formula is C12H32O6S2Si. The van der Waals surface area contributed by atoms with E-state index in [9.17, 15) is 16.8 Å². The summed E-state index contributed by atoms with van der Waals surface area (Å²) in [4.78, 5) is 0. The van der Waals surface area contributed by atoms with Crippen LogP contribution in [-0.4, -0.2) is 47.0 Å². The second kappa shape index (κ2) is 16.4. The highest BCUT2D eigenvalue weighted by Gasteiger charge is 2.01. The number of hydrogen-bond acceptors (Lipinski definition) is 4. The lowest BCUT2D eigenvalue weighted by molar-refractivity contribution is 0.477. The minimum Gasteiger partial charge on any atom is -0.286 e. The Morgan fingerprint density at radius 1 is 0.714 bits per heavy atom. The number of rotatable bonds is 8. The molecule has 0 aliphatic rings. The van der Waals surface area contributed by atoms with Crippen molar-refractivity contribution in [2.45, 2.75) is 65.5 Å². The Morgan fingerprint density at radius 2 is 0.952 bits per heavy atom. The summed E-state index contributed by atoms with van der Waals surface area (Å²) in [7, 11) is -6.98. The van der Waals surface area contributed by atoms with E-state index in [-0.39, 0.29) is 11.5 Å². The van der Waals surface area contributed by atoms with Crippen LogP contribution in [0.4, 0.5) is 0 Å². The van der Waals surface area contributed by atoms with Crippen molar-refractivity contribution < 1.29 is 25.9 Å². The number of hydrogen-bond donors (Lipinski definition) is 2. The van der Waals surface area contributed by atoms with Crippen molar-refractivity contribution in [1.82, 2.24) is 0 Å². The smallest absolute Gasteiger partial charge is 0.264 e. The van der Waals surface area contributed by atoms with Crippen LogP contribution in [0.5, 0.6) is 0 Å². The third-order valence-corrected chi connectivity index (χ3v) is 3.62. The lowest BCUT2D eigenvalue weighted by Gasteiger charge is -1.92. The summed E-state index contributed by atoms with van der Waals surface area (Å²) >= 11 is 0. The fourth-order valence-electron chi connectivity index (χ4n) is 1.07. The van der Waals surface area contributed by atoms with E-state index >= 15 is 0 Å². The molecule has 0 amide bonds. The van der Waals surface area contributed by atoms with Gasteiger partial charge in [0.1, 0.15) is 0 Å². The summed E-state index contributed by atoms with van der Waals surface area (Å²) in [6, 6.07) is 0. The zero-order valence-electron chi connectivity index (χ0n) is 13.7. The minimum absolute atomic E-state index is 0.0964. The molecule has 21 heavy (non-hydrogen) atoms. The summed E-state index contributed by atoms with van der Waals surface area (Å²) in [5.74, 6) is -0.193. The van der Waals surface area contributed by atoms with Crippen molar-refractivity contribution in [3.05, 3.63) is 0 Å². The second-order valence-corrected chi connectivity index (χ2v) is 9.25. The van der Waals surface area contributed by atoms with Crippen LogP contribution in [0.25, 0.3) is 0 Å². The largest absolute Gasteiger partial charge is 0.286 e. The van der Waals surface area contributed by atoms with Crippen LogP contribution < -0.4 is 0 Å². The maximum absolute atomic E-state index is 10.1. The van der Waals surface area contributed by atoms with Crippen molar-refractivity contribution in [2.24, 2.45) is 0 Å². The first kappa shape index (κ1) is 26.0. The molecule has 0 aliphatic carbocycles. The van der Waals surface area contributed by atoms with Crippen LogP contribution in [0.1, 0.15) is 52.4 Å². The first-order valence-electron chi connectivity index (χ1n) is 7.44. The average molecular weight is 365 g/mol. The van der Waals surface area contributed by atoms with Crippen LogP contribution in [0.3, 0.4) is 0 Å². The zero-order valence-corrected chi connectivity index (χ0v) is 16.8. The molecule has 2 N–H and O–H groups in total. The van der Waals surface area contributed by atoms with Gasteiger partial charge in [0.05, 0.1) is 11.5 Å². The van der Waals surface area contributed by atoms with Crippen molar-refractivity contribution in [1.29, 1.82) is 0 Å². The predicted octanol–water partition coefficient (Wildman–Crippen LogP) is 2.38. The highest BCUT2D eigenvalue weighted by molar-refractivity contribution is 7.86. The molecule has 0 unspecified atom stereocenters. The molecule has 0 atom stereocenters. The Balaban J connectivity index is -0.000000260. The lowest BCUT2D eigenvalue weighted by Crippen LogP contribution is -2.02. The topological polar surface area (TPSA) is 109 Å². The van der Waals surface area contributed by atoms with Gasteiger partial charge < -0.3 is 0 Å². The molecule has 0 aliphatic heterocycles. The predicted molar refractivity (Wildman–Crippen MR) is 92.2 cm³/mol. The SMILES string of the molecule is CCCCCS(=O)(=O)O.CCCCCS(=O)(=O)O.C[SiH2]C. The summed E-state index contributed by atoms with van der Waals surface area (Å²) in [6.07, 6.45) is 4.79. The van der Waals surface area contributed by atoms with Gasteiger partial charge in [-0.05, 0) is 12.8 Å². The van der Waals surface area contributed by atoms with Gasteiger partial charge in [0.2, 0.25) is 0 Å². The van der Waals surface area contributed by atoms with Crippen molar-refractivity contribution in [3.63, 3.8) is 0 Å². The van der Waals surface area contributed by atoms with E-state index in [0.29, 0.717) is 22.4 Å². The highest BCUT2D eigenvalue weighted by Crippen LogP contribution is 1.96. The Kier molecular flexibility index (Phi) is 20.3. The summed E-state index contributed by atoms with van der Waals surface area (Å²) < 4.78 is 56.7. The van der Waals surface area contributed by atoms with Crippen LogP contribution in [0.2, 0.25) is 13.1 Å². The molecule has 0 aromatic heterocycles. The molecule has 9 heteroatoms. The Bertz CT molecular complexity index is 354. The highest BCUT2D eigenvalue weighted by atomic mass is 32.2. The van der Waals surface area contributed by atoms with E-state index in [1.807, 2.05) is 13.8 Å². The molecule has 0 aromatic carbocycles. The maximum atomic E-state index is 10.1. The molecule has 6 nitrogen and oxygen atoms in total. The van der Waals surface area contributed by atoms with Crippen molar-refractivity contribution in [2.75, 3.05) is 11.5 Å². The lowest BCUT2D eigenvalue weighted by atomic mass is 10.3. The molecular weight excluding hydrogens is 332 g/mol. The first-order chi connectivity index (χ1) is 9.54. The van der Waals surface area contributed by atoms with Crippen LogP contribution >= 0.6 is 0 Å². The van der Waals surface area contributed by atoms with Gasteiger partial charge in [0.25, 0.3) is 20.2 Å². The summed E-state index contributed by atoms with van der Waals surface area (Å²) in [5, 5.41) is 0. The second-order valence-electron chi connectivity index (χ2n) is 4.69. The van der Waals surface area contributed by atoms with Crippen LogP contribution in [-0.2, 0) is 20.2 Å². The van der Waals surface area contributed by atoms with Crippen molar-refractivity contribution >= 4 is 29.8 Å². The summed E-state index contributed by atoms with van der Waals surface area (Å²) in [6.45, 7) is 8.48. The maximum Gasteiger partial charge on any atom is 0.264 e. The fourth-order valence-corrected chi connectivity index (χ4v) is 2.21. The summed E-state index contributed by atoms with van der Waals surface area (Å²) in [5.41, 5.74) is 0. The zero-order chi connectivity index (χ0) is 17.4. The van der Waals surface area contributed by atoms with Gasteiger partial charge in [-0.15, -0.1) is 0 Å². The van der Waals surface area contributed by atoms with Gasteiger partial charge in [-0.1, -0.05) is 52.6 Å². The van der Waals surface area contributed by atoms with Crippen LogP contribution in [0.15, 0.2) is 0 Å².